The SMILES string of the molecule is Cc1cc[n+](C)c(-c2c(C)ccc3c2oc2c(-c4ccc5cc6ccccc6cc5c4)c(C#N)ccc23)c1. The quantitative estimate of drug-likeness (QED) is 0.180. The highest BCUT2D eigenvalue weighted by atomic mass is 16.3. The summed E-state index contributed by atoms with van der Waals surface area (Å²) in [5.41, 5.74) is 8.56. The molecule has 0 fully saturated rings. The number of nitrogens with zero attached hydrogens (tertiary/aromatic N) is 2. The van der Waals surface area contributed by atoms with Crippen LogP contribution in [0.2, 0.25) is 0 Å². The van der Waals surface area contributed by atoms with E-state index in [0.717, 1.165) is 55.3 Å². The average Bonchev–Trinajstić information content (AvgIpc) is 3.31. The second kappa shape index (κ2) is 8.30. The molecule has 0 amide bonds. The van der Waals surface area contributed by atoms with Gasteiger partial charge in [-0.1, -0.05) is 48.5 Å². The summed E-state index contributed by atoms with van der Waals surface area (Å²) in [7, 11) is 2.06. The Morgan fingerprint density at radius 1 is 0.684 bits per heavy atom. The summed E-state index contributed by atoms with van der Waals surface area (Å²) >= 11 is 0. The maximum absolute atomic E-state index is 10.1. The first-order valence-electron chi connectivity index (χ1n) is 12.8. The predicted molar refractivity (Wildman–Crippen MR) is 155 cm³/mol. The lowest BCUT2D eigenvalue weighted by Crippen LogP contribution is -2.30. The Hall–Kier alpha value is -4.94. The van der Waals surface area contributed by atoms with Crippen molar-refractivity contribution in [1.82, 2.24) is 0 Å². The van der Waals surface area contributed by atoms with Gasteiger partial charge in [-0.25, -0.2) is 4.57 Å². The molecule has 180 valence electrons. The summed E-state index contributed by atoms with van der Waals surface area (Å²) in [6.45, 7) is 4.23. The molecule has 5 aromatic carbocycles. The lowest BCUT2D eigenvalue weighted by atomic mass is 9.94. The number of fused-ring (bicyclic) bond motifs is 5. The van der Waals surface area contributed by atoms with Gasteiger partial charge in [0, 0.05) is 28.5 Å². The molecule has 0 saturated heterocycles. The number of furan rings is 1. The van der Waals surface area contributed by atoms with Crippen LogP contribution in [0.1, 0.15) is 16.7 Å². The molecule has 0 aliphatic rings. The van der Waals surface area contributed by atoms with Gasteiger partial charge in [0.15, 0.2) is 6.20 Å². The molecule has 0 aliphatic carbocycles. The molecule has 0 saturated carbocycles. The Morgan fingerprint density at radius 3 is 2.13 bits per heavy atom. The standard InChI is InChI=1S/C35H25N2O/c1-21-14-15-37(3)31(16-21)32-22(2)8-12-29-30-13-11-27(20-36)33(35(30)38-34(29)32)26-10-9-25-17-23-6-4-5-7-24(23)18-28(25)19-26/h4-19H,1-3H3/q+1. The van der Waals surface area contributed by atoms with Gasteiger partial charge in [0.1, 0.15) is 18.2 Å². The number of aryl methyl sites for hydroxylation is 3. The van der Waals surface area contributed by atoms with Crippen molar-refractivity contribution >= 4 is 43.5 Å². The minimum Gasteiger partial charge on any atom is -0.454 e. The average molecular weight is 490 g/mol. The maximum atomic E-state index is 10.1. The van der Waals surface area contributed by atoms with E-state index < -0.39 is 0 Å². The Bertz CT molecular complexity index is 2130. The molecule has 2 heterocycles. The van der Waals surface area contributed by atoms with E-state index in [9.17, 15) is 5.26 Å². The molecular weight excluding hydrogens is 464 g/mol. The van der Waals surface area contributed by atoms with Crippen LogP contribution >= 0.6 is 0 Å². The fraction of sp³-hybridized carbons (Fsp3) is 0.0857. The fourth-order valence-corrected chi connectivity index (χ4v) is 5.72. The Balaban J connectivity index is 1.54. The van der Waals surface area contributed by atoms with Crippen molar-refractivity contribution in [2.24, 2.45) is 7.05 Å². The maximum Gasteiger partial charge on any atom is 0.216 e. The Morgan fingerprint density at radius 2 is 1.37 bits per heavy atom. The van der Waals surface area contributed by atoms with Crippen molar-refractivity contribution in [3.63, 3.8) is 0 Å². The van der Waals surface area contributed by atoms with Crippen LogP contribution in [0.3, 0.4) is 0 Å². The summed E-state index contributed by atoms with van der Waals surface area (Å²) in [5, 5.41) is 16.9. The van der Waals surface area contributed by atoms with E-state index in [1.807, 2.05) is 12.1 Å². The minimum absolute atomic E-state index is 0.607. The number of hydrogen-bond acceptors (Lipinski definition) is 2. The van der Waals surface area contributed by atoms with E-state index in [0.29, 0.717) is 5.56 Å². The first-order chi connectivity index (χ1) is 18.5. The van der Waals surface area contributed by atoms with Crippen molar-refractivity contribution in [2.75, 3.05) is 0 Å². The Labute approximate surface area is 220 Å². The number of hydrogen-bond donors (Lipinski definition) is 0. The fourth-order valence-electron chi connectivity index (χ4n) is 5.72. The van der Waals surface area contributed by atoms with Gasteiger partial charge in [-0.2, -0.15) is 5.26 Å². The highest BCUT2D eigenvalue weighted by molar-refractivity contribution is 6.14. The minimum atomic E-state index is 0.607. The normalized spacial score (nSPS) is 11.5. The number of pyridine rings is 1. The molecule has 0 N–H and O–H groups in total. The van der Waals surface area contributed by atoms with Gasteiger partial charge in [0.2, 0.25) is 5.69 Å². The van der Waals surface area contributed by atoms with E-state index in [4.69, 9.17) is 4.42 Å². The third kappa shape index (κ3) is 3.31. The van der Waals surface area contributed by atoms with Crippen LogP contribution in [0.4, 0.5) is 0 Å². The number of rotatable bonds is 2. The van der Waals surface area contributed by atoms with E-state index in [1.165, 1.54) is 21.7 Å². The van der Waals surface area contributed by atoms with Crippen LogP contribution in [0, 0.1) is 25.2 Å². The highest BCUT2D eigenvalue weighted by Gasteiger charge is 2.23. The summed E-state index contributed by atoms with van der Waals surface area (Å²) < 4.78 is 8.90. The van der Waals surface area contributed by atoms with Crippen molar-refractivity contribution < 1.29 is 8.98 Å². The summed E-state index contributed by atoms with van der Waals surface area (Å²) in [5.74, 6) is 0. The van der Waals surface area contributed by atoms with E-state index >= 15 is 0 Å². The van der Waals surface area contributed by atoms with E-state index in [2.05, 4.69) is 117 Å². The summed E-state index contributed by atoms with van der Waals surface area (Å²) in [6.07, 6.45) is 2.09. The number of nitriles is 1. The molecule has 0 spiro atoms. The summed E-state index contributed by atoms with van der Waals surface area (Å²) in [6, 6.07) is 34.2. The largest absolute Gasteiger partial charge is 0.454 e. The molecular formula is C35H25N2O+. The lowest BCUT2D eigenvalue weighted by molar-refractivity contribution is -0.660. The van der Waals surface area contributed by atoms with Gasteiger partial charge in [-0.15, -0.1) is 0 Å². The lowest BCUT2D eigenvalue weighted by Gasteiger charge is -2.08. The molecule has 0 radical (unpaired) electrons. The van der Waals surface area contributed by atoms with Crippen LogP contribution < -0.4 is 4.57 Å². The smallest absolute Gasteiger partial charge is 0.216 e. The van der Waals surface area contributed by atoms with Crippen LogP contribution in [-0.2, 0) is 7.05 Å². The molecule has 7 aromatic rings. The molecule has 38 heavy (non-hydrogen) atoms. The first-order valence-corrected chi connectivity index (χ1v) is 12.8. The van der Waals surface area contributed by atoms with E-state index in [1.54, 1.807) is 0 Å². The molecule has 0 unspecified atom stereocenters. The first kappa shape index (κ1) is 22.3. The number of aromatic nitrogens is 1. The van der Waals surface area contributed by atoms with Crippen LogP contribution in [-0.4, -0.2) is 0 Å². The summed E-state index contributed by atoms with van der Waals surface area (Å²) in [4.78, 5) is 0. The van der Waals surface area contributed by atoms with Gasteiger partial charge in [-0.3, -0.25) is 0 Å². The molecule has 0 aliphatic heterocycles. The van der Waals surface area contributed by atoms with Gasteiger partial charge in [0.25, 0.3) is 0 Å². The molecule has 3 heteroatoms. The molecule has 0 atom stereocenters. The van der Waals surface area contributed by atoms with Gasteiger partial charge in [-0.05, 0) is 82.4 Å². The van der Waals surface area contributed by atoms with Gasteiger partial charge in [0.05, 0.1) is 17.2 Å². The topological polar surface area (TPSA) is 40.8 Å². The monoisotopic (exact) mass is 489 g/mol. The molecule has 0 bridgehead atoms. The van der Waals surface area contributed by atoms with Crippen LogP contribution in [0.5, 0.6) is 0 Å². The molecule has 7 rings (SSSR count). The van der Waals surface area contributed by atoms with Crippen molar-refractivity contribution in [3.05, 3.63) is 114 Å². The Kier molecular flexibility index (Phi) is 4.86. The van der Waals surface area contributed by atoms with Crippen LogP contribution in [0.15, 0.2) is 102 Å². The third-order valence-electron chi connectivity index (χ3n) is 7.69. The van der Waals surface area contributed by atoms with Crippen molar-refractivity contribution in [3.8, 4) is 28.5 Å². The molecule has 2 aromatic heterocycles. The van der Waals surface area contributed by atoms with Gasteiger partial charge < -0.3 is 4.42 Å². The van der Waals surface area contributed by atoms with Gasteiger partial charge >= 0.3 is 0 Å². The zero-order valence-electron chi connectivity index (χ0n) is 21.5. The number of benzene rings is 5. The molecule has 3 nitrogen and oxygen atoms in total. The second-order valence-corrected chi connectivity index (χ2v) is 10.2. The third-order valence-corrected chi connectivity index (χ3v) is 7.69. The second-order valence-electron chi connectivity index (χ2n) is 10.2. The van der Waals surface area contributed by atoms with Crippen molar-refractivity contribution in [1.29, 1.82) is 5.26 Å². The van der Waals surface area contributed by atoms with E-state index in [-0.39, 0.29) is 0 Å². The van der Waals surface area contributed by atoms with Crippen LogP contribution in [0.25, 0.3) is 65.9 Å². The zero-order chi connectivity index (χ0) is 26.0. The van der Waals surface area contributed by atoms with Crippen molar-refractivity contribution in [2.45, 2.75) is 13.8 Å². The predicted octanol–water partition coefficient (Wildman–Crippen LogP) is 8.54. The zero-order valence-corrected chi connectivity index (χ0v) is 21.5. The highest BCUT2D eigenvalue weighted by Crippen LogP contribution is 2.42.